The second-order valence-corrected chi connectivity index (χ2v) is 10.4. The Labute approximate surface area is 225 Å². The molecule has 1 fully saturated rings. The second kappa shape index (κ2) is 11.0. The quantitative estimate of drug-likeness (QED) is 0.267. The Morgan fingerprint density at radius 1 is 0.919 bits per heavy atom. The van der Waals surface area contributed by atoms with Crippen LogP contribution in [0.3, 0.4) is 0 Å². The fourth-order valence-electron chi connectivity index (χ4n) is 5.13. The van der Waals surface area contributed by atoms with E-state index in [0.29, 0.717) is 38.8 Å². The number of rotatable bonds is 7. The molecule has 2 aromatic heterocycles. The van der Waals surface area contributed by atoms with Crippen molar-refractivity contribution in [1.82, 2.24) is 14.7 Å². The summed E-state index contributed by atoms with van der Waals surface area (Å²) in [5.74, 6) is -0.214. The highest BCUT2D eigenvalue weighted by Gasteiger charge is 2.24. The van der Waals surface area contributed by atoms with Crippen molar-refractivity contribution in [2.24, 2.45) is 5.92 Å². The number of imidazole rings is 1. The molecule has 0 bridgehead atoms. The van der Waals surface area contributed by atoms with Crippen LogP contribution in [0.15, 0.2) is 67.0 Å². The highest BCUT2D eigenvalue weighted by Crippen LogP contribution is 2.37. The summed E-state index contributed by atoms with van der Waals surface area (Å²) in [5, 5.41) is 12.9. The standard InChI is InChI=1S/C29H27Cl2N3O3/c30-24-2-1-3-25(31)23(24)15-32-29(37)26-17-34-16-22(12-13-27(34)33-26)21-10-8-20(9-11-21)19-6-4-18(5-7-19)14-28(35)36/h1-3,8-13,16-19H,4-7,14-15H2,(H,32,37)(H,35,36). The molecular weight excluding hydrogens is 509 g/mol. The van der Waals surface area contributed by atoms with Gasteiger partial charge in [0.05, 0.1) is 0 Å². The van der Waals surface area contributed by atoms with Gasteiger partial charge in [-0.15, -0.1) is 0 Å². The number of carboxylic acids is 1. The van der Waals surface area contributed by atoms with Gasteiger partial charge in [-0.05, 0) is 78.5 Å². The second-order valence-electron chi connectivity index (χ2n) is 9.63. The number of carboxylic acid groups (broad SMARTS) is 1. The molecule has 0 unspecified atom stereocenters. The molecule has 5 rings (SSSR count). The minimum Gasteiger partial charge on any atom is -0.481 e. The molecule has 190 valence electrons. The van der Waals surface area contributed by atoms with Crippen LogP contribution in [0.1, 0.15) is 59.6 Å². The molecule has 8 heteroatoms. The number of benzene rings is 2. The number of nitrogens with one attached hydrogen (secondary N) is 1. The molecule has 1 saturated carbocycles. The summed E-state index contributed by atoms with van der Waals surface area (Å²) >= 11 is 12.4. The van der Waals surface area contributed by atoms with Crippen molar-refractivity contribution in [1.29, 1.82) is 0 Å². The van der Waals surface area contributed by atoms with Gasteiger partial charge in [0.2, 0.25) is 0 Å². The van der Waals surface area contributed by atoms with E-state index < -0.39 is 5.97 Å². The number of amides is 1. The van der Waals surface area contributed by atoms with Gasteiger partial charge in [-0.25, -0.2) is 4.98 Å². The van der Waals surface area contributed by atoms with Crippen LogP contribution >= 0.6 is 23.2 Å². The Kier molecular flexibility index (Phi) is 7.49. The van der Waals surface area contributed by atoms with Crippen molar-refractivity contribution in [3.05, 3.63) is 93.9 Å². The minimum absolute atomic E-state index is 0.212. The molecule has 0 atom stereocenters. The molecule has 1 amide bonds. The van der Waals surface area contributed by atoms with Crippen LogP contribution in [-0.2, 0) is 11.3 Å². The Hall–Kier alpha value is -3.35. The number of aliphatic carboxylic acids is 1. The zero-order valence-electron chi connectivity index (χ0n) is 20.2. The smallest absolute Gasteiger partial charge is 0.303 e. The van der Waals surface area contributed by atoms with Gasteiger partial charge < -0.3 is 14.8 Å². The maximum absolute atomic E-state index is 12.7. The van der Waals surface area contributed by atoms with E-state index in [-0.39, 0.29) is 18.9 Å². The van der Waals surface area contributed by atoms with E-state index in [2.05, 4.69) is 34.6 Å². The van der Waals surface area contributed by atoms with Crippen LogP contribution in [0.4, 0.5) is 0 Å². The number of carbonyl (C=O) groups excluding carboxylic acids is 1. The molecule has 4 aromatic rings. The Morgan fingerprint density at radius 3 is 2.27 bits per heavy atom. The van der Waals surface area contributed by atoms with Crippen molar-refractivity contribution in [3.8, 4) is 11.1 Å². The van der Waals surface area contributed by atoms with Crippen molar-refractivity contribution in [3.63, 3.8) is 0 Å². The van der Waals surface area contributed by atoms with E-state index in [4.69, 9.17) is 28.3 Å². The van der Waals surface area contributed by atoms with E-state index >= 15 is 0 Å². The van der Waals surface area contributed by atoms with Crippen LogP contribution in [0, 0.1) is 5.92 Å². The summed E-state index contributed by atoms with van der Waals surface area (Å²) in [6.45, 7) is 0.212. The molecule has 1 aliphatic rings. The van der Waals surface area contributed by atoms with Crippen LogP contribution in [0.2, 0.25) is 10.0 Å². The molecule has 0 spiro atoms. The van der Waals surface area contributed by atoms with E-state index in [1.54, 1.807) is 24.4 Å². The predicted molar refractivity (Wildman–Crippen MR) is 145 cm³/mol. The number of halogens is 2. The first kappa shape index (κ1) is 25.3. The molecule has 0 saturated heterocycles. The first-order valence-electron chi connectivity index (χ1n) is 12.4. The lowest BCUT2D eigenvalue weighted by molar-refractivity contribution is -0.138. The zero-order valence-corrected chi connectivity index (χ0v) is 21.7. The number of aromatic nitrogens is 2. The van der Waals surface area contributed by atoms with Crippen molar-refractivity contribution in [2.45, 2.75) is 44.6 Å². The van der Waals surface area contributed by atoms with Crippen molar-refractivity contribution < 1.29 is 14.7 Å². The maximum atomic E-state index is 12.7. The van der Waals surface area contributed by atoms with Gasteiger partial charge in [0.25, 0.3) is 5.91 Å². The summed E-state index contributed by atoms with van der Waals surface area (Å²) in [6.07, 6.45) is 7.97. The molecule has 6 nitrogen and oxygen atoms in total. The number of fused-ring (bicyclic) bond motifs is 1. The minimum atomic E-state index is -0.697. The number of hydrogen-bond acceptors (Lipinski definition) is 3. The van der Waals surface area contributed by atoms with E-state index in [0.717, 1.165) is 36.8 Å². The zero-order chi connectivity index (χ0) is 25.9. The van der Waals surface area contributed by atoms with E-state index in [1.165, 1.54) is 5.56 Å². The van der Waals surface area contributed by atoms with Crippen molar-refractivity contribution in [2.75, 3.05) is 0 Å². The number of nitrogens with zero attached hydrogens (tertiary/aromatic N) is 2. The van der Waals surface area contributed by atoms with Crippen LogP contribution in [0.5, 0.6) is 0 Å². The Bertz CT molecular complexity index is 1420. The molecule has 0 aliphatic heterocycles. The third kappa shape index (κ3) is 5.81. The lowest BCUT2D eigenvalue weighted by atomic mass is 9.77. The van der Waals surface area contributed by atoms with Gasteiger partial charge in [-0.2, -0.15) is 0 Å². The first-order valence-corrected chi connectivity index (χ1v) is 13.1. The number of pyridine rings is 1. The normalized spacial score (nSPS) is 17.6. The van der Waals surface area contributed by atoms with Gasteiger partial charge in [-0.3, -0.25) is 9.59 Å². The fraction of sp³-hybridized carbons (Fsp3) is 0.276. The summed E-state index contributed by atoms with van der Waals surface area (Å²) < 4.78 is 1.85. The van der Waals surface area contributed by atoms with E-state index in [9.17, 15) is 9.59 Å². The van der Waals surface area contributed by atoms with Crippen LogP contribution in [-0.4, -0.2) is 26.4 Å². The fourth-order valence-corrected chi connectivity index (χ4v) is 5.66. The molecule has 37 heavy (non-hydrogen) atoms. The van der Waals surface area contributed by atoms with Crippen LogP contribution < -0.4 is 5.32 Å². The van der Waals surface area contributed by atoms with Gasteiger partial charge in [0.15, 0.2) is 0 Å². The van der Waals surface area contributed by atoms with Crippen molar-refractivity contribution >= 4 is 40.7 Å². The molecule has 2 heterocycles. The lowest BCUT2D eigenvalue weighted by Crippen LogP contribution is -2.23. The largest absolute Gasteiger partial charge is 0.481 e. The summed E-state index contributed by atoms with van der Waals surface area (Å²) in [4.78, 5) is 28.2. The number of hydrogen-bond donors (Lipinski definition) is 2. The monoisotopic (exact) mass is 535 g/mol. The Balaban J connectivity index is 1.25. The molecule has 1 aliphatic carbocycles. The summed E-state index contributed by atoms with van der Waals surface area (Å²) in [6, 6.07) is 17.7. The number of carbonyl (C=O) groups is 2. The van der Waals surface area contributed by atoms with E-state index in [1.807, 2.05) is 22.7 Å². The molecule has 0 radical (unpaired) electrons. The highest BCUT2D eigenvalue weighted by molar-refractivity contribution is 6.36. The molecular formula is C29H27Cl2N3O3. The third-order valence-corrected chi connectivity index (χ3v) is 7.90. The molecule has 2 aromatic carbocycles. The third-order valence-electron chi connectivity index (χ3n) is 7.20. The highest BCUT2D eigenvalue weighted by atomic mass is 35.5. The van der Waals surface area contributed by atoms with Gasteiger partial charge >= 0.3 is 5.97 Å². The first-order chi connectivity index (χ1) is 17.9. The van der Waals surface area contributed by atoms with Gasteiger partial charge in [-0.1, -0.05) is 53.5 Å². The average Bonchev–Trinajstić information content (AvgIpc) is 3.32. The summed E-state index contributed by atoms with van der Waals surface area (Å²) in [5.41, 5.74) is 5.07. The Morgan fingerprint density at radius 2 is 1.59 bits per heavy atom. The van der Waals surface area contributed by atoms with Crippen LogP contribution in [0.25, 0.3) is 16.8 Å². The predicted octanol–water partition coefficient (Wildman–Crippen LogP) is 6.99. The SMILES string of the molecule is O=C(O)CC1CCC(c2ccc(-c3ccc4nc(C(=O)NCc5c(Cl)cccc5Cl)cn4c3)cc2)CC1. The maximum Gasteiger partial charge on any atom is 0.303 e. The van der Waals surface area contributed by atoms with Gasteiger partial charge in [0.1, 0.15) is 11.3 Å². The van der Waals surface area contributed by atoms with Gasteiger partial charge in [0, 0.05) is 41.0 Å². The topological polar surface area (TPSA) is 83.7 Å². The summed E-state index contributed by atoms with van der Waals surface area (Å²) in [7, 11) is 0. The molecule has 2 N–H and O–H groups in total. The lowest BCUT2D eigenvalue weighted by Gasteiger charge is -2.28. The average molecular weight is 536 g/mol.